The third-order valence-corrected chi connectivity index (χ3v) is 5.61. The van der Waals surface area contributed by atoms with Crippen LogP contribution in [0.5, 0.6) is 5.75 Å². The quantitative estimate of drug-likeness (QED) is 0.326. The molecule has 0 aliphatic carbocycles. The van der Waals surface area contributed by atoms with Gasteiger partial charge < -0.3 is 18.7 Å². The Labute approximate surface area is 204 Å². The maximum atomic E-state index is 11.5. The third kappa shape index (κ3) is 5.96. The number of carbonyl (C=O) groups is 1. The van der Waals surface area contributed by atoms with Crippen molar-refractivity contribution in [2.45, 2.75) is 52.9 Å². The van der Waals surface area contributed by atoms with Gasteiger partial charge in [0.2, 0.25) is 11.8 Å². The number of carboxylic acids is 1. The van der Waals surface area contributed by atoms with Crippen molar-refractivity contribution in [3.63, 3.8) is 0 Å². The number of ether oxygens (including phenoxy) is 1. The highest BCUT2D eigenvalue weighted by molar-refractivity contribution is 5.77. The van der Waals surface area contributed by atoms with Gasteiger partial charge in [0.25, 0.3) is 0 Å². The lowest BCUT2D eigenvalue weighted by molar-refractivity contribution is -0.152. The van der Waals surface area contributed by atoms with Crippen molar-refractivity contribution in [1.82, 2.24) is 14.9 Å². The second kappa shape index (κ2) is 10.1. The van der Waals surface area contributed by atoms with Crippen molar-refractivity contribution < 1.29 is 23.5 Å². The molecule has 0 unspecified atom stereocenters. The van der Waals surface area contributed by atoms with Crippen LogP contribution in [0.3, 0.4) is 0 Å². The first kappa shape index (κ1) is 24.2. The standard InChI is InChI=1S/C27H29N3O5/c1-18-12-20(13-19(2)25(18)35-27(3,4)26(31)32)15-30(16-23-28-10-11-33-23)17-24-29-14-22(34-24)21-8-6-5-7-9-21/h5-14H,15-17H2,1-4H3,(H,31,32). The fourth-order valence-electron chi connectivity index (χ4n) is 3.85. The molecule has 4 aromatic rings. The van der Waals surface area contributed by atoms with Gasteiger partial charge in [0, 0.05) is 12.1 Å². The fraction of sp³-hybridized carbons (Fsp3) is 0.296. The Morgan fingerprint density at radius 1 is 1.03 bits per heavy atom. The van der Waals surface area contributed by atoms with Gasteiger partial charge in [-0.2, -0.15) is 0 Å². The van der Waals surface area contributed by atoms with E-state index in [4.69, 9.17) is 13.6 Å². The molecule has 2 heterocycles. The van der Waals surface area contributed by atoms with Crippen LogP contribution in [0, 0.1) is 13.8 Å². The number of hydrogen-bond acceptors (Lipinski definition) is 7. The smallest absolute Gasteiger partial charge is 0.347 e. The number of carboxylic acid groups (broad SMARTS) is 1. The summed E-state index contributed by atoms with van der Waals surface area (Å²) in [7, 11) is 0. The molecule has 0 radical (unpaired) electrons. The zero-order chi connectivity index (χ0) is 25.0. The van der Waals surface area contributed by atoms with Crippen LogP contribution in [-0.2, 0) is 24.4 Å². The maximum absolute atomic E-state index is 11.5. The molecule has 2 aromatic heterocycles. The second-order valence-electron chi connectivity index (χ2n) is 9.03. The van der Waals surface area contributed by atoms with Crippen molar-refractivity contribution in [3.8, 4) is 17.1 Å². The second-order valence-corrected chi connectivity index (χ2v) is 9.03. The highest BCUT2D eigenvalue weighted by atomic mass is 16.5. The molecule has 35 heavy (non-hydrogen) atoms. The number of aliphatic carboxylic acids is 1. The summed E-state index contributed by atoms with van der Waals surface area (Å²) in [6, 6.07) is 13.9. The predicted molar refractivity (Wildman–Crippen MR) is 130 cm³/mol. The Kier molecular flexibility index (Phi) is 7.02. The molecule has 0 fully saturated rings. The number of nitrogens with zero attached hydrogens (tertiary/aromatic N) is 3. The normalized spacial score (nSPS) is 11.7. The lowest BCUT2D eigenvalue weighted by Gasteiger charge is -2.25. The van der Waals surface area contributed by atoms with E-state index in [9.17, 15) is 9.90 Å². The van der Waals surface area contributed by atoms with E-state index in [2.05, 4.69) is 14.9 Å². The average Bonchev–Trinajstić information content (AvgIpc) is 3.49. The predicted octanol–water partition coefficient (Wildman–Crippen LogP) is 5.39. The summed E-state index contributed by atoms with van der Waals surface area (Å²) in [5.74, 6) is 1.47. The molecule has 0 aliphatic rings. The minimum Gasteiger partial charge on any atom is -0.478 e. The molecule has 4 rings (SSSR count). The number of aryl methyl sites for hydroxylation is 2. The molecule has 0 atom stereocenters. The first-order valence-electron chi connectivity index (χ1n) is 11.3. The van der Waals surface area contributed by atoms with E-state index in [0.717, 1.165) is 22.3 Å². The van der Waals surface area contributed by atoms with Crippen LogP contribution >= 0.6 is 0 Å². The lowest BCUT2D eigenvalue weighted by atomic mass is 10.0. The van der Waals surface area contributed by atoms with Crippen molar-refractivity contribution in [2.24, 2.45) is 0 Å². The third-order valence-electron chi connectivity index (χ3n) is 5.61. The van der Waals surface area contributed by atoms with Crippen LogP contribution in [0.15, 0.2) is 70.0 Å². The van der Waals surface area contributed by atoms with E-state index < -0.39 is 11.6 Å². The van der Waals surface area contributed by atoms with Gasteiger partial charge in [0.05, 0.1) is 25.5 Å². The minimum atomic E-state index is -1.32. The Bertz CT molecular complexity index is 1260. The molecule has 0 bridgehead atoms. The maximum Gasteiger partial charge on any atom is 0.347 e. The van der Waals surface area contributed by atoms with E-state index in [0.29, 0.717) is 42.9 Å². The van der Waals surface area contributed by atoms with Crippen molar-refractivity contribution >= 4 is 5.97 Å². The topological polar surface area (TPSA) is 102 Å². The summed E-state index contributed by atoms with van der Waals surface area (Å²) >= 11 is 0. The molecule has 0 amide bonds. The summed E-state index contributed by atoms with van der Waals surface area (Å²) in [4.78, 5) is 22.4. The zero-order valence-electron chi connectivity index (χ0n) is 20.3. The monoisotopic (exact) mass is 475 g/mol. The molecule has 8 heteroatoms. The van der Waals surface area contributed by atoms with E-state index >= 15 is 0 Å². The van der Waals surface area contributed by atoms with Crippen LogP contribution in [0.2, 0.25) is 0 Å². The van der Waals surface area contributed by atoms with Crippen LogP contribution in [0.4, 0.5) is 0 Å². The highest BCUT2D eigenvalue weighted by Gasteiger charge is 2.30. The Morgan fingerprint density at radius 3 is 2.34 bits per heavy atom. The fourth-order valence-corrected chi connectivity index (χ4v) is 3.85. The van der Waals surface area contributed by atoms with Gasteiger partial charge in [-0.05, 0) is 44.4 Å². The molecule has 1 N–H and O–H groups in total. The average molecular weight is 476 g/mol. The zero-order valence-corrected chi connectivity index (χ0v) is 20.3. The molecule has 2 aromatic carbocycles. The Hall–Kier alpha value is -3.91. The number of oxazole rings is 2. The summed E-state index contributed by atoms with van der Waals surface area (Å²) in [6.45, 7) is 8.43. The molecule has 0 spiro atoms. The summed E-state index contributed by atoms with van der Waals surface area (Å²) < 4.78 is 17.3. The van der Waals surface area contributed by atoms with E-state index in [1.165, 1.54) is 0 Å². The molecule has 0 saturated carbocycles. The number of benzene rings is 2. The van der Waals surface area contributed by atoms with Gasteiger partial charge in [-0.1, -0.05) is 42.5 Å². The van der Waals surface area contributed by atoms with Gasteiger partial charge in [0.1, 0.15) is 12.0 Å². The van der Waals surface area contributed by atoms with Crippen molar-refractivity contribution in [2.75, 3.05) is 0 Å². The summed E-state index contributed by atoms with van der Waals surface area (Å²) in [6.07, 6.45) is 4.91. The van der Waals surface area contributed by atoms with Crippen molar-refractivity contribution in [1.29, 1.82) is 0 Å². The molecular formula is C27H29N3O5. The molecule has 8 nitrogen and oxygen atoms in total. The van der Waals surface area contributed by atoms with Crippen LogP contribution in [0.25, 0.3) is 11.3 Å². The van der Waals surface area contributed by atoms with Gasteiger partial charge in [-0.3, -0.25) is 4.90 Å². The van der Waals surface area contributed by atoms with E-state index in [1.807, 2.05) is 56.3 Å². The lowest BCUT2D eigenvalue weighted by Crippen LogP contribution is -2.38. The minimum absolute atomic E-state index is 0.456. The van der Waals surface area contributed by atoms with Crippen LogP contribution in [-0.4, -0.2) is 31.5 Å². The van der Waals surface area contributed by atoms with Crippen LogP contribution in [0.1, 0.15) is 42.3 Å². The van der Waals surface area contributed by atoms with Crippen molar-refractivity contribution in [3.05, 3.63) is 89.6 Å². The molecule has 0 aliphatic heterocycles. The SMILES string of the molecule is Cc1cc(CN(Cc2ncco2)Cc2ncc(-c3ccccc3)o2)cc(C)c1OC(C)(C)C(=O)O. The summed E-state index contributed by atoms with van der Waals surface area (Å²) in [5.41, 5.74) is 2.43. The molecule has 0 saturated heterocycles. The first-order chi connectivity index (χ1) is 16.7. The molecule has 182 valence electrons. The summed E-state index contributed by atoms with van der Waals surface area (Å²) in [5, 5.41) is 9.43. The van der Waals surface area contributed by atoms with E-state index in [1.54, 1.807) is 32.5 Å². The number of aromatic nitrogens is 2. The van der Waals surface area contributed by atoms with Gasteiger partial charge in [-0.25, -0.2) is 14.8 Å². The van der Waals surface area contributed by atoms with Gasteiger partial charge in [0.15, 0.2) is 11.4 Å². The largest absolute Gasteiger partial charge is 0.478 e. The Balaban J connectivity index is 1.55. The Morgan fingerprint density at radius 2 is 1.71 bits per heavy atom. The highest BCUT2D eigenvalue weighted by Crippen LogP contribution is 2.30. The van der Waals surface area contributed by atoms with Gasteiger partial charge >= 0.3 is 5.97 Å². The first-order valence-corrected chi connectivity index (χ1v) is 11.3. The van der Waals surface area contributed by atoms with Gasteiger partial charge in [-0.15, -0.1) is 0 Å². The van der Waals surface area contributed by atoms with E-state index in [-0.39, 0.29) is 0 Å². The number of hydrogen-bond donors (Lipinski definition) is 1. The molecular weight excluding hydrogens is 446 g/mol. The van der Waals surface area contributed by atoms with Crippen LogP contribution < -0.4 is 4.74 Å². The number of rotatable bonds is 10.